The molecule has 94 valence electrons. The summed E-state index contributed by atoms with van der Waals surface area (Å²) in [7, 11) is 2.07. The average molecular weight is 233 g/mol. The summed E-state index contributed by atoms with van der Waals surface area (Å²) in [6, 6.07) is 6.85. The molecule has 0 bridgehead atoms. The van der Waals surface area contributed by atoms with Crippen molar-refractivity contribution in [3.8, 4) is 0 Å². The molecule has 17 heavy (non-hydrogen) atoms. The minimum absolute atomic E-state index is 0.695. The molecule has 1 N–H and O–H groups in total. The molecule has 0 aliphatic carbocycles. The molecule has 1 fully saturated rings. The van der Waals surface area contributed by atoms with Gasteiger partial charge in [0.2, 0.25) is 0 Å². The van der Waals surface area contributed by atoms with Crippen LogP contribution in [0.2, 0.25) is 0 Å². The van der Waals surface area contributed by atoms with Crippen LogP contribution >= 0.6 is 0 Å². The highest BCUT2D eigenvalue weighted by molar-refractivity contribution is 5.03. The van der Waals surface area contributed by atoms with Crippen LogP contribution in [0, 0.1) is 5.92 Å². The minimum Gasteiger partial charge on any atom is -0.317 e. The number of likely N-dealkylation sites (tertiary alicyclic amines) is 1. The summed E-state index contributed by atoms with van der Waals surface area (Å²) in [5.41, 5.74) is 1.20. The molecule has 1 aliphatic rings. The zero-order chi connectivity index (χ0) is 12.1. The maximum Gasteiger partial charge on any atom is 0.0416 e. The number of piperidine rings is 1. The molecular formula is C14H23N3. The fourth-order valence-corrected chi connectivity index (χ4v) is 2.68. The third kappa shape index (κ3) is 3.51. The fourth-order valence-electron chi connectivity index (χ4n) is 2.68. The molecule has 2 rings (SSSR count). The van der Waals surface area contributed by atoms with Gasteiger partial charge in [0.25, 0.3) is 0 Å². The molecule has 2 heterocycles. The van der Waals surface area contributed by atoms with E-state index in [1.54, 1.807) is 0 Å². The van der Waals surface area contributed by atoms with E-state index in [1.807, 2.05) is 12.3 Å². The number of nitrogens with one attached hydrogen (secondary N) is 1. The van der Waals surface area contributed by atoms with Crippen molar-refractivity contribution in [2.45, 2.75) is 25.8 Å². The van der Waals surface area contributed by atoms with Crippen LogP contribution in [0.25, 0.3) is 0 Å². The Balaban J connectivity index is 1.78. The lowest BCUT2D eigenvalue weighted by Crippen LogP contribution is -2.47. The van der Waals surface area contributed by atoms with Gasteiger partial charge in [0.15, 0.2) is 0 Å². The predicted molar refractivity (Wildman–Crippen MR) is 71.0 cm³/mol. The molecule has 2 unspecified atom stereocenters. The van der Waals surface area contributed by atoms with E-state index in [1.165, 1.54) is 25.2 Å². The SMILES string of the molecule is CNC1CCN(CCc2ccccn2)CC1C. The zero-order valence-electron chi connectivity index (χ0n) is 10.9. The topological polar surface area (TPSA) is 28.2 Å². The molecule has 0 aromatic carbocycles. The first kappa shape index (κ1) is 12.5. The van der Waals surface area contributed by atoms with E-state index in [0.717, 1.165) is 18.9 Å². The Morgan fingerprint density at radius 1 is 1.47 bits per heavy atom. The summed E-state index contributed by atoms with van der Waals surface area (Å²) in [5.74, 6) is 0.748. The number of hydrogen-bond acceptors (Lipinski definition) is 3. The van der Waals surface area contributed by atoms with E-state index in [9.17, 15) is 0 Å². The van der Waals surface area contributed by atoms with Crippen LogP contribution in [0.1, 0.15) is 19.0 Å². The van der Waals surface area contributed by atoms with Gasteiger partial charge in [0.05, 0.1) is 0 Å². The van der Waals surface area contributed by atoms with Crippen molar-refractivity contribution >= 4 is 0 Å². The van der Waals surface area contributed by atoms with Crippen LogP contribution < -0.4 is 5.32 Å². The first-order valence-corrected chi connectivity index (χ1v) is 6.59. The summed E-state index contributed by atoms with van der Waals surface area (Å²) in [6.45, 7) is 5.90. The molecule has 1 aromatic rings. The molecule has 2 atom stereocenters. The second-order valence-corrected chi connectivity index (χ2v) is 5.03. The van der Waals surface area contributed by atoms with E-state index >= 15 is 0 Å². The van der Waals surface area contributed by atoms with E-state index < -0.39 is 0 Å². The summed E-state index contributed by atoms with van der Waals surface area (Å²) in [6.07, 6.45) is 4.21. The van der Waals surface area contributed by atoms with Crippen LogP contribution in [0.3, 0.4) is 0 Å². The Hall–Kier alpha value is -0.930. The lowest BCUT2D eigenvalue weighted by Gasteiger charge is -2.36. The normalized spacial score (nSPS) is 26.0. The Morgan fingerprint density at radius 2 is 2.35 bits per heavy atom. The Bertz CT molecular complexity index is 325. The van der Waals surface area contributed by atoms with E-state index in [0.29, 0.717) is 6.04 Å². The van der Waals surface area contributed by atoms with Gasteiger partial charge in [-0.2, -0.15) is 0 Å². The maximum absolute atomic E-state index is 4.37. The maximum atomic E-state index is 4.37. The number of rotatable bonds is 4. The van der Waals surface area contributed by atoms with Crippen molar-refractivity contribution in [3.05, 3.63) is 30.1 Å². The van der Waals surface area contributed by atoms with Gasteiger partial charge < -0.3 is 10.2 Å². The van der Waals surface area contributed by atoms with Crippen LogP contribution in [0.4, 0.5) is 0 Å². The van der Waals surface area contributed by atoms with Gasteiger partial charge in [0, 0.05) is 37.4 Å². The first-order valence-electron chi connectivity index (χ1n) is 6.59. The van der Waals surface area contributed by atoms with Crippen LogP contribution in [0.15, 0.2) is 24.4 Å². The third-order valence-electron chi connectivity index (χ3n) is 3.77. The summed E-state index contributed by atoms with van der Waals surface area (Å²) in [5, 5.41) is 3.41. The number of pyridine rings is 1. The predicted octanol–water partition coefficient (Wildman–Crippen LogP) is 1.55. The van der Waals surface area contributed by atoms with Gasteiger partial charge >= 0.3 is 0 Å². The number of aromatic nitrogens is 1. The molecule has 3 heteroatoms. The van der Waals surface area contributed by atoms with Crippen molar-refractivity contribution in [2.24, 2.45) is 5.92 Å². The molecule has 0 amide bonds. The van der Waals surface area contributed by atoms with Crippen molar-refractivity contribution in [1.29, 1.82) is 0 Å². The highest BCUT2D eigenvalue weighted by Gasteiger charge is 2.24. The summed E-state index contributed by atoms with van der Waals surface area (Å²) < 4.78 is 0. The van der Waals surface area contributed by atoms with E-state index in [2.05, 4.69) is 41.3 Å². The largest absolute Gasteiger partial charge is 0.317 e. The smallest absolute Gasteiger partial charge is 0.0416 e. The molecule has 1 aliphatic heterocycles. The molecule has 1 aromatic heterocycles. The molecule has 0 spiro atoms. The highest BCUT2D eigenvalue weighted by atomic mass is 15.1. The standard InChI is InChI=1S/C14H23N3/c1-12-11-17(10-7-14(12)15-2)9-6-13-5-3-4-8-16-13/h3-5,8,12,14-15H,6-7,9-11H2,1-2H3. The quantitative estimate of drug-likeness (QED) is 0.855. The molecule has 0 radical (unpaired) electrons. The van der Waals surface area contributed by atoms with Gasteiger partial charge in [-0.05, 0) is 38.1 Å². The third-order valence-corrected chi connectivity index (χ3v) is 3.77. The first-order chi connectivity index (χ1) is 8.29. The van der Waals surface area contributed by atoms with Crippen molar-refractivity contribution in [1.82, 2.24) is 15.2 Å². The minimum atomic E-state index is 0.695. The van der Waals surface area contributed by atoms with Crippen LogP contribution in [0.5, 0.6) is 0 Å². The van der Waals surface area contributed by atoms with Crippen LogP contribution in [-0.2, 0) is 6.42 Å². The van der Waals surface area contributed by atoms with Gasteiger partial charge in [-0.1, -0.05) is 13.0 Å². The van der Waals surface area contributed by atoms with Crippen molar-refractivity contribution in [2.75, 3.05) is 26.7 Å². The molecule has 0 saturated carbocycles. The van der Waals surface area contributed by atoms with E-state index in [-0.39, 0.29) is 0 Å². The summed E-state index contributed by atoms with van der Waals surface area (Å²) >= 11 is 0. The van der Waals surface area contributed by atoms with Gasteiger partial charge in [-0.25, -0.2) is 0 Å². The Kier molecular flexibility index (Phi) is 4.51. The molecule has 3 nitrogen and oxygen atoms in total. The second-order valence-electron chi connectivity index (χ2n) is 5.03. The molecule has 1 saturated heterocycles. The van der Waals surface area contributed by atoms with Gasteiger partial charge in [-0.15, -0.1) is 0 Å². The van der Waals surface area contributed by atoms with E-state index in [4.69, 9.17) is 0 Å². The summed E-state index contributed by atoms with van der Waals surface area (Å²) in [4.78, 5) is 6.94. The number of hydrogen-bond donors (Lipinski definition) is 1. The average Bonchev–Trinajstić information content (AvgIpc) is 2.38. The van der Waals surface area contributed by atoms with Crippen LogP contribution in [-0.4, -0.2) is 42.6 Å². The number of nitrogens with zero attached hydrogens (tertiary/aromatic N) is 2. The molecular weight excluding hydrogens is 210 g/mol. The second kappa shape index (κ2) is 6.12. The van der Waals surface area contributed by atoms with Crippen molar-refractivity contribution in [3.63, 3.8) is 0 Å². The monoisotopic (exact) mass is 233 g/mol. The van der Waals surface area contributed by atoms with Gasteiger partial charge in [-0.3, -0.25) is 4.98 Å². The lowest BCUT2D eigenvalue weighted by molar-refractivity contribution is 0.152. The highest BCUT2D eigenvalue weighted by Crippen LogP contribution is 2.16. The fraction of sp³-hybridized carbons (Fsp3) is 0.643. The Labute approximate surface area is 104 Å². The Morgan fingerprint density at radius 3 is 3.00 bits per heavy atom. The van der Waals surface area contributed by atoms with Gasteiger partial charge in [0.1, 0.15) is 0 Å². The lowest BCUT2D eigenvalue weighted by atomic mass is 9.94. The zero-order valence-corrected chi connectivity index (χ0v) is 10.9. The van der Waals surface area contributed by atoms with Crippen molar-refractivity contribution < 1.29 is 0 Å².